The highest BCUT2D eigenvalue weighted by atomic mass is 16.6. The van der Waals surface area contributed by atoms with Gasteiger partial charge in [-0.3, -0.25) is 14.7 Å². The standard InChI is InChI=1S/C25H35N5O6/c1-28-10-12-30(13-11-28)26-16-19-2-4-20(5-3-19)22-14-21(36-27-22)15-25(35-18-24(33)34)6-8-29(9-7-25)17-23(31)32/h2-5,16,21H,6-15,17-18H2,1H3,(H,31,32)(H,33,34). The fourth-order valence-electron chi connectivity index (χ4n) is 4.88. The van der Waals surface area contributed by atoms with E-state index in [2.05, 4.69) is 27.2 Å². The first-order valence-electron chi connectivity index (χ1n) is 12.4. The first-order valence-corrected chi connectivity index (χ1v) is 12.4. The first-order chi connectivity index (χ1) is 17.3. The smallest absolute Gasteiger partial charge is 0.329 e. The average molecular weight is 502 g/mol. The van der Waals surface area contributed by atoms with Crippen LogP contribution in [0.2, 0.25) is 0 Å². The van der Waals surface area contributed by atoms with Gasteiger partial charge in [-0.2, -0.15) is 5.10 Å². The van der Waals surface area contributed by atoms with E-state index in [0.717, 1.165) is 43.0 Å². The fraction of sp³-hybridized carbons (Fsp3) is 0.600. The summed E-state index contributed by atoms with van der Waals surface area (Å²) in [5.74, 6) is -1.90. The van der Waals surface area contributed by atoms with Crippen molar-refractivity contribution in [3.05, 3.63) is 35.4 Å². The van der Waals surface area contributed by atoms with E-state index in [9.17, 15) is 9.59 Å². The number of hydrazone groups is 1. The Morgan fingerprint density at radius 3 is 2.44 bits per heavy atom. The van der Waals surface area contributed by atoms with Gasteiger partial charge in [-0.15, -0.1) is 0 Å². The van der Waals surface area contributed by atoms with Crippen LogP contribution in [0, 0.1) is 0 Å². The van der Waals surface area contributed by atoms with Gasteiger partial charge in [0.05, 0.1) is 24.1 Å². The zero-order valence-corrected chi connectivity index (χ0v) is 20.7. The van der Waals surface area contributed by atoms with Crippen molar-refractivity contribution in [2.45, 2.75) is 37.4 Å². The number of hydrogen-bond donors (Lipinski definition) is 2. The maximum Gasteiger partial charge on any atom is 0.329 e. The Bertz CT molecular complexity index is 966. The highest BCUT2D eigenvalue weighted by molar-refractivity contribution is 6.01. The van der Waals surface area contributed by atoms with Crippen molar-refractivity contribution in [3.63, 3.8) is 0 Å². The number of rotatable bonds is 10. The summed E-state index contributed by atoms with van der Waals surface area (Å²) in [7, 11) is 2.12. The third-order valence-electron chi connectivity index (χ3n) is 7.05. The molecule has 11 nitrogen and oxygen atoms in total. The predicted molar refractivity (Wildman–Crippen MR) is 133 cm³/mol. The van der Waals surface area contributed by atoms with Crippen molar-refractivity contribution < 1.29 is 29.4 Å². The minimum absolute atomic E-state index is 0.0295. The predicted octanol–water partition coefficient (Wildman–Crippen LogP) is 1.17. The molecule has 1 unspecified atom stereocenters. The molecular formula is C25H35N5O6. The number of carboxylic acids is 2. The second kappa shape index (κ2) is 11.8. The first kappa shape index (κ1) is 26.1. The van der Waals surface area contributed by atoms with Crippen LogP contribution in [0.15, 0.2) is 34.5 Å². The van der Waals surface area contributed by atoms with Gasteiger partial charge in [-0.25, -0.2) is 4.79 Å². The van der Waals surface area contributed by atoms with Crippen LogP contribution in [-0.2, 0) is 19.2 Å². The molecule has 2 saturated heterocycles. The van der Waals surface area contributed by atoms with E-state index in [1.54, 1.807) is 0 Å². The molecule has 0 bridgehead atoms. The molecule has 0 aromatic heterocycles. The van der Waals surface area contributed by atoms with E-state index in [0.29, 0.717) is 38.8 Å². The maximum absolute atomic E-state index is 11.2. The number of piperazine rings is 1. The molecule has 36 heavy (non-hydrogen) atoms. The average Bonchev–Trinajstić information content (AvgIpc) is 3.32. The number of likely N-dealkylation sites (N-methyl/N-ethyl adjacent to an activating group) is 1. The lowest BCUT2D eigenvalue weighted by atomic mass is 9.84. The number of aliphatic carboxylic acids is 2. The molecule has 3 heterocycles. The number of piperidine rings is 1. The maximum atomic E-state index is 11.2. The largest absolute Gasteiger partial charge is 0.480 e. The summed E-state index contributed by atoms with van der Waals surface area (Å²) in [5, 5.41) is 29.2. The molecule has 3 aliphatic heterocycles. The fourth-order valence-corrected chi connectivity index (χ4v) is 4.88. The van der Waals surface area contributed by atoms with Gasteiger partial charge in [0.15, 0.2) is 0 Å². The molecule has 1 aromatic carbocycles. The van der Waals surface area contributed by atoms with Crippen LogP contribution in [0.3, 0.4) is 0 Å². The van der Waals surface area contributed by atoms with Gasteiger partial charge in [0.2, 0.25) is 0 Å². The molecule has 0 aliphatic carbocycles. The number of carbonyl (C=O) groups is 2. The summed E-state index contributed by atoms with van der Waals surface area (Å²) in [6.45, 7) is 4.52. The van der Waals surface area contributed by atoms with Crippen LogP contribution < -0.4 is 0 Å². The number of oxime groups is 1. The van der Waals surface area contributed by atoms with Crippen LogP contribution >= 0.6 is 0 Å². The zero-order valence-electron chi connectivity index (χ0n) is 20.7. The lowest BCUT2D eigenvalue weighted by Crippen LogP contribution is -2.49. The van der Waals surface area contributed by atoms with Crippen LogP contribution in [-0.4, -0.2) is 120 Å². The van der Waals surface area contributed by atoms with Crippen molar-refractivity contribution in [3.8, 4) is 0 Å². The number of carboxylic acid groups (broad SMARTS) is 2. The number of benzene rings is 1. The summed E-state index contributed by atoms with van der Waals surface area (Å²) in [6.07, 6.45) is 3.85. The molecule has 0 radical (unpaired) electrons. The topological polar surface area (TPSA) is 127 Å². The lowest BCUT2D eigenvalue weighted by molar-refractivity contribution is -0.159. The Labute approximate surface area is 210 Å². The van der Waals surface area contributed by atoms with Gasteiger partial charge in [-0.1, -0.05) is 29.4 Å². The van der Waals surface area contributed by atoms with Gasteiger partial charge < -0.3 is 24.7 Å². The third kappa shape index (κ3) is 7.25. The lowest BCUT2D eigenvalue weighted by Gasteiger charge is -2.41. The van der Waals surface area contributed by atoms with E-state index in [-0.39, 0.29) is 12.6 Å². The van der Waals surface area contributed by atoms with E-state index < -0.39 is 24.1 Å². The molecule has 196 valence electrons. The van der Waals surface area contributed by atoms with Gasteiger partial charge in [0.1, 0.15) is 12.7 Å². The molecule has 0 spiro atoms. The van der Waals surface area contributed by atoms with Crippen molar-refractivity contribution in [2.75, 3.05) is 59.5 Å². The van der Waals surface area contributed by atoms with Gasteiger partial charge in [0.25, 0.3) is 0 Å². The van der Waals surface area contributed by atoms with Crippen LogP contribution in [0.25, 0.3) is 0 Å². The monoisotopic (exact) mass is 501 g/mol. The Kier molecular flexibility index (Phi) is 8.55. The summed E-state index contributed by atoms with van der Waals surface area (Å²) in [5.41, 5.74) is 2.17. The van der Waals surface area contributed by atoms with E-state index in [4.69, 9.17) is 19.8 Å². The molecule has 0 amide bonds. The number of nitrogens with zero attached hydrogens (tertiary/aromatic N) is 5. The second-order valence-electron chi connectivity index (χ2n) is 9.83. The zero-order chi connectivity index (χ0) is 25.5. The summed E-state index contributed by atoms with van der Waals surface area (Å²) in [6, 6.07) is 8.05. The highest BCUT2D eigenvalue weighted by Crippen LogP contribution is 2.34. The van der Waals surface area contributed by atoms with E-state index >= 15 is 0 Å². The molecule has 1 atom stereocenters. The molecule has 2 fully saturated rings. The molecule has 2 N–H and O–H groups in total. The molecule has 4 rings (SSSR count). The Morgan fingerprint density at radius 2 is 1.81 bits per heavy atom. The quantitative estimate of drug-likeness (QED) is 0.454. The Balaban J connectivity index is 1.31. The molecule has 0 saturated carbocycles. The van der Waals surface area contributed by atoms with Crippen molar-refractivity contribution in [1.29, 1.82) is 0 Å². The normalized spacial score (nSPS) is 23.0. The van der Waals surface area contributed by atoms with E-state index in [1.165, 1.54) is 0 Å². The minimum atomic E-state index is -1.03. The van der Waals surface area contributed by atoms with Gasteiger partial charge in [0, 0.05) is 52.1 Å². The van der Waals surface area contributed by atoms with Crippen molar-refractivity contribution in [2.24, 2.45) is 10.3 Å². The van der Waals surface area contributed by atoms with Crippen LogP contribution in [0.4, 0.5) is 0 Å². The van der Waals surface area contributed by atoms with Crippen molar-refractivity contribution >= 4 is 23.9 Å². The SMILES string of the molecule is CN1CCN(N=Cc2ccc(C3=NOC(CC4(OCC(=O)O)CCN(CC(=O)O)CC4)C3)cc2)CC1. The number of hydrogen-bond acceptors (Lipinski definition) is 9. The van der Waals surface area contributed by atoms with Crippen LogP contribution in [0.1, 0.15) is 36.8 Å². The molecular weight excluding hydrogens is 466 g/mol. The minimum Gasteiger partial charge on any atom is -0.480 e. The number of ether oxygens (including phenoxy) is 1. The van der Waals surface area contributed by atoms with Gasteiger partial charge in [-0.05, 0) is 31.0 Å². The summed E-state index contributed by atoms with van der Waals surface area (Å²) < 4.78 is 5.86. The Morgan fingerprint density at radius 1 is 1.11 bits per heavy atom. The third-order valence-corrected chi connectivity index (χ3v) is 7.05. The number of likely N-dealkylation sites (tertiary alicyclic amines) is 1. The molecule has 3 aliphatic rings. The molecule has 1 aromatic rings. The summed E-state index contributed by atoms with van der Waals surface area (Å²) >= 11 is 0. The Hall–Kier alpha value is -3.02. The van der Waals surface area contributed by atoms with E-state index in [1.807, 2.05) is 35.4 Å². The molecule has 11 heteroatoms. The highest BCUT2D eigenvalue weighted by Gasteiger charge is 2.40. The van der Waals surface area contributed by atoms with Crippen LogP contribution in [0.5, 0.6) is 0 Å². The summed E-state index contributed by atoms with van der Waals surface area (Å²) in [4.78, 5) is 32.1. The second-order valence-corrected chi connectivity index (χ2v) is 9.83. The van der Waals surface area contributed by atoms with Gasteiger partial charge >= 0.3 is 11.9 Å². The van der Waals surface area contributed by atoms with Crippen molar-refractivity contribution in [1.82, 2.24) is 14.8 Å².